The molecule has 184 valence electrons. The molecule has 1 amide bonds. The Bertz CT molecular complexity index is 1230. The molecule has 0 atom stereocenters. The molecule has 1 aromatic heterocycles. The summed E-state index contributed by atoms with van der Waals surface area (Å²) in [6, 6.07) is 16.9. The number of carboxylic acids is 1. The SMILES string of the molecule is O=C(Nc1ccc2c(c1)CCN(C1CCC1)CC2)c1cnc2ccccc2c1.O=C(O)C(F)(F)F. The van der Waals surface area contributed by atoms with Gasteiger partial charge < -0.3 is 10.4 Å². The first kappa shape index (κ1) is 24.7. The van der Waals surface area contributed by atoms with E-state index in [0.717, 1.165) is 48.6 Å². The third-order valence-electron chi connectivity index (χ3n) is 6.49. The van der Waals surface area contributed by atoms with Crippen LogP contribution in [0.4, 0.5) is 18.9 Å². The van der Waals surface area contributed by atoms with Crippen LogP contribution >= 0.6 is 0 Å². The fourth-order valence-electron chi connectivity index (χ4n) is 4.34. The van der Waals surface area contributed by atoms with Crippen molar-refractivity contribution in [1.82, 2.24) is 9.88 Å². The predicted molar refractivity (Wildman–Crippen MR) is 126 cm³/mol. The number of pyridine rings is 1. The van der Waals surface area contributed by atoms with Gasteiger partial charge in [0.25, 0.3) is 5.91 Å². The Labute approximate surface area is 200 Å². The first-order chi connectivity index (χ1) is 16.7. The molecule has 5 rings (SSSR count). The number of alkyl halides is 3. The van der Waals surface area contributed by atoms with Crippen molar-refractivity contribution in [1.29, 1.82) is 0 Å². The van der Waals surface area contributed by atoms with Crippen molar-refractivity contribution in [2.45, 2.75) is 44.3 Å². The Kier molecular flexibility index (Phi) is 7.35. The largest absolute Gasteiger partial charge is 0.490 e. The first-order valence-electron chi connectivity index (χ1n) is 11.5. The number of halogens is 3. The summed E-state index contributed by atoms with van der Waals surface area (Å²) < 4.78 is 31.7. The zero-order valence-electron chi connectivity index (χ0n) is 19.0. The van der Waals surface area contributed by atoms with E-state index in [-0.39, 0.29) is 5.91 Å². The summed E-state index contributed by atoms with van der Waals surface area (Å²) in [5.41, 5.74) is 5.15. The van der Waals surface area contributed by atoms with Crippen LogP contribution in [0.1, 0.15) is 40.7 Å². The minimum Gasteiger partial charge on any atom is -0.475 e. The lowest BCUT2D eigenvalue weighted by molar-refractivity contribution is -0.192. The second-order valence-corrected chi connectivity index (χ2v) is 8.78. The topological polar surface area (TPSA) is 82.5 Å². The molecular weight excluding hydrogens is 459 g/mol. The third-order valence-corrected chi connectivity index (χ3v) is 6.49. The summed E-state index contributed by atoms with van der Waals surface area (Å²) in [5.74, 6) is -2.87. The lowest BCUT2D eigenvalue weighted by Crippen LogP contribution is -2.41. The maximum Gasteiger partial charge on any atom is 0.490 e. The zero-order chi connectivity index (χ0) is 25.0. The lowest BCUT2D eigenvalue weighted by atomic mass is 9.91. The van der Waals surface area contributed by atoms with E-state index in [9.17, 15) is 18.0 Å². The molecule has 6 nitrogen and oxygen atoms in total. The first-order valence-corrected chi connectivity index (χ1v) is 11.5. The minimum atomic E-state index is -5.08. The van der Waals surface area contributed by atoms with E-state index in [2.05, 4.69) is 27.3 Å². The molecule has 0 unspecified atom stereocenters. The van der Waals surface area contributed by atoms with Crippen molar-refractivity contribution < 1.29 is 27.9 Å². The fraction of sp³-hybridized carbons (Fsp3) is 0.346. The van der Waals surface area contributed by atoms with Crippen molar-refractivity contribution in [2.24, 2.45) is 0 Å². The summed E-state index contributed by atoms with van der Waals surface area (Å²) in [4.78, 5) is 28.7. The number of hydrogen-bond acceptors (Lipinski definition) is 4. The van der Waals surface area contributed by atoms with Crippen molar-refractivity contribution in [3.8, 4) is 0 Å². The van der Waals surface area contributed by atoms with Gasteiger partial charge in [0.1, 0.15) is 0 Å². The summed E-state index contributed by atoms with van der Waals surface area (Å²) >= 11 is 0. The zero-order valence-corrected chi connectivity index (χ0v) is 19.0. The molecule has 0 radical (unpaired) electrons. The van der Waals surface area contributed by atoms with Gasteiger partial charge in [-0.25, -0.2) is 4.79 Å². The maximum absolute atomic E-state index is 12.7. The number of anilines is 1. The van der Waals surface area contributed by atoms with Gasteiger partial charge in [-0.1, -0.05) is 30.7 Å². The van der Waals surface area contributed by atoms with E-state index in [4.69, 9.17) is 9.90 Å². The van der Waals surface area contributed by atoms with Crippen LogP contribution in [0.25, 0.3) is 10.9 Å². The number of aliphatic carboxylic acids is 1. The molecule has 2 aliphatic rings. The number of rotatable bonds is 3. The predicted octanol–water partition coefficient (Wildman–Crippen LogP) is 5.07. The number of carboxylic acid groups (broad SMARTS) is 1. The van der Waals surface area contributed by atoms with E-state index in [1.807, 2.05) is 36.4 Å². The monoisotopic (exact) mass is 485 g/mol. The molecule has 1 aliphatic heterocycles. The Morgan fingerprint density at radius 1 is 1.00 bits per heavy atom. The van der Waals surface area contributed by atoms with Crippen LogP contribution in [0.3, 0.4) is 0 Å². The number of aromatic nitrogens is 1. The Balaban J connectivity index is 0.000000364. The number of carbonyl (C=O) groups is 2. The highest BCUT2D eigenvalue weighted by Gasteiger charge is 2.38. The summed E-state index contributed by atoms with van der Waals surface area (Å²) in [7, 11) is 0. The molecule has 9 heteroatoms. The van der Waals surface area contributed by atoms with Crippen LogP contribution in [-0.4, -0.2) is 52.2 Å². The number of hydrogen-bond donors (Lipinski definition) is 2. The molecule has 1 saturated carbocycles. The van der Waals surface area contributed by atoms with Crippen LogP contribution in [0.2, 0.25) is 0 Å². The molecule has 35 heavy (non-hydrogen) atoms. The molecule has 0 bridgehead atoms. The van der Waals surface area contributed by atoms with Gasteiger partial charge in [-0.05, 0) is 61.1 Å². The van der Waals surface area contributed by atoms with Gasteiger partial charge in [0.2, 0.25) is 0 Å². The second kappa shape index (κ2) is 10.4. The van der Waals surface area contributed by atoms with Crippen LogP contribution in [-0.2, 0) is 17.6 Å². The highest BCUT2D eigenvalue weighted by molar-refractivity contribution is 6.05. The Morgan fingerprint density at radius 2 is 1.69 bits per heavy atom. The number of carbonyl (C=O) groups excluding carboxylic acids is 1. The molecule has 2 N–H and O–H groups in total. The molecule has 0 saturated heterocycles. The number of para-hydroxylation sites is 1. The summed E-state index contributed by atoms with van der Waals surface area (Å²) in [6.07, 6.45) is 2.84. The van der Waals surface area contributed by atoms with Crippen molar-refractivity contribution in [3.63, 3.8) is 0 Å². The number of benzene rings is 2. The van der Waals surface area contributed by atoms with E-state index in [1.165, 1.54) is 30.4 Å². The fourth-order valence-corrected chi connectivity index (χ4v) is 4.34. The van der Waals surface area contributed by atoms with E-state index in [1.54, 1.807) is 6.20 Å². The standard InChI is InChI=1S/C24H25N3O.C2HF3O2/c28-24(20-14-19-4-1-2-7-23(19)25-16-20)26-21-9-8-17-10-12-27(22-5-3-6-22)13-11-18(17)15-21;3-2(4,5)1(6)7/h1-2,4,7-9,14-16,22H,3,5-6,10-13H2,(H,26,28);(H,6,7). The quantitative estimate of drug-likeness (QED) is 0.541. The highest BCUT2D eigenvalue weighted by Crippen LogP contribution is 2.28. The smallest absolute Gasteiger partial charge is 0.475 e. The molecule has 0 spiro atoms. The van der Waals surface area contributed by atoms with Gasteiger partial charge in [-0.3, -0.25) is 14.7 Å². The normalized spacial score (nSPS) is 16.3. The van der Waals surface area contributed by atoms with E-state index < -0.39 is 12.1 Å². The Morgan fingerprint density at radius 3 is 2.34 bits per heavy atom. The average molecular weight is 486 g/mol. The van der Waals surface area contributed by atoms with Crippen LogP contribution in [0.5, 0.6) is 0 Å². The van der Waals surface area contributed by atoms with Gasteiger partial charge in [-0.2, -0.15) is 13.2 Å². The minimum absolute atomic E-state index is 0.108. The van der Waals surface area contributed by atoms with Crippen LogP contribution in [0, 0.1) is 0 Å². The highest BCUT2D eigenvalue weighted by atomic mass is 19.4. The van der Waals surface area contributed by atoms with Crippen molar-refractivity contribution >= 4 is 28.5 Å². The second-order valence-electron chi connectivity index (χ2n) is 8.78. The van der Waals surface area contributed by atoms with Gasteiger partial charge in [-0.15, -0.1) is 0 Å². The van der Waals surface area contributed by atoms with Gasteiger partial charge >= 0.3 is 12.1 Å². The van der Waals surface area contributed by atoms with Gasteiger partial charge in [0, 0.05) is 36.4 Å². The third kappa shape index (κ3) is 6.16. The summed E-state index contributed by atoms with van der Waals surface area (Å²) in [5, 5.41) is 11.2. The Hall–Kier alpha value is -3.46. The number of amides is 1. The van der Waals surface area contributed by atoms with Crippen LogP contribution < -0.4 is 5.32 Å². The van der Waals surface area contributed by atoms with Gasteiger partial charge in [0.15, 0.2) is 0 Å². The number of nitrogens with one attached hydrogen (secondary N) is 1. The summed E-state index contributed by atoms with van der Waals surface area (Å²) in [6.45, 7) is 2.29. The molecule has 3 aromatic rings. The molecular formula is C26H26F3N3O3. The lowest BCUT2D eigenvalue weighted by Gasteiger charge is -2.36. The molecule has 2 heterocycles. The van der Waals surface area contributed by atoms with E-state index in [0.29, 0.717) is 5.56 Å². The van der Waals surface area contributed by atoms with Gasteiger partial charge in [0.05, 0.1) is 11.1 Å². The van der Waals surface area contributed by atoms with Crippen molar-refractivity contribution in [2.75, 3.05) is 18.4 Å². The number of fused-ring (bicyclic) bond motifs is 2. The molecule has 1 aliphatic carbocycles. The van der Waals surface area contributed by atoms with Crippen molar-refractivity contribution in [3.05, 3.63) is 71.4 Å². The maximum atomic E-state index is 12.7. The van der Waals surface area contributed by atoms with E-state index >= 15 is 0 Å². The average Bonchev–Trinajstić information content (AvgIpc) is 3.00. The molecule has 1 fully saturated rings. The number of nitrogens with zero attached hydrogens (tertiary/aromatic N) is 2. The molecule has 2 aromatic carbocycles. The van der Waals surface area contributed by atoms with Crippen LogP contribution in [0.15, 0.2) is 54.7 Å².